The van der Waals surface area contributed by atoms with E-state index in [1.54, 1.807) is 12.1 Å². The minimum absolute atomic E-state index is 0.320. The summed E-state index contributed by atoms with van der Waals surface area (Å²) in [7, 11) is 0. The highest BCUT2D eigenvalue weighted by Gasteiger charge is 2.25. The van der Waals surface area contributed by atoms with E-state index in [2.05, 4.69) is 17.0 Å². The Kier molecular flexibility index (Phi) is 8.99. The Balaban J connectivity index is 1.60. The number of amidine groups is 1. The number of fused-ring (bicyclic) bond motifs is 1. The number of aliphatic hydroxyl groups is 1. The van der Waals surface area contributed by atoms with E-state index < -0.39 is 0 Å². The van der Waals surface area contributed by atoms with E-state index in [0.29, 0.717) is 40.9 Å². The van der Waals surface area contributed by atoms with Crippen LogP contribution >= 0.6 is 11.3 Å². The molecule has 5 rings (SSSR count). The molecule has 1 aliphatic heterocycles. The molecule has 4 aromatic rings. The number of hydrogen-bond acceptors (Lipinski definition) is 8. The van der Waals surface area contributed by atoms with Crippen LogP contribution < -0.4 is 4.90 Å². The second-order valence-corrected chi connectivity index (χ2v) is 11.6. The third-order valence-electron chi connectivity index (χ3n) is 7.25. The van der Waals surface area contributed by atoms with Crippen molar-refractivity contribution in [3.8, 4) is 17.3 Å². The number of aryl methyl sites for hydroxylation is 1. The summed E-state index contributed by atoms with van der Waals surface area (Å²) in [5.74, 6) is 1.29. The average molecular weight is 599 g/mol. The Hall–Kier alpha value is -4.40. The standard InChI is InChI=1S/C32H35FN8OS/c1-6-40(32-37-29(28(17-34)43-32)22-8-10-24(33)11-9-22)31-30-27(38-41(31)7-2)13-12-26(36-30)23(16-20(3)4)18-35-21(5)39-15-14-25(42)19-39/h8-13,16,18,25,42H,6-7,14-15,19H2,1-5H3/b23-18+,35-21+/t25-/m1/s1. The smallest absolute Gasteiger partial charge is 0.192 e. The molecule has 222 valence electrons. The molecule has 1 N–H and O–H groups in total. The monoisotopic (exact) mass is 598 g/mol. The molecule has 9 nitrogen and oxygen atoms in total. The normalized spacial score (nSPS) is 15.7. The predicted molar refractivity (Wildman–Crippen MR) is 171 cm³/mol. The van der Waals surface area contributed by atoms with Gasteiger partial charge in [-0.2, -0.15) is 10.4 Å². The summed E-state index contributed by atoms with van der Waals surface area (Å²) in [6.45, 7) is 12.6. The number of thiazole rings is 1. The van der Waals surface area contributed by atoms with Crippen molar-refractivity contribution in [1.29, 1.82) is 5.26 Å². The molecule has 1 aliphatic rings. The molecule has 1 saturated heterocycles. The predicted octanol–water partition coefficient (Wildman–Crippen LogP) is 6.54. The molecule has 0 radical (unpaired) electrons. The molecule has 0 saturated carbocycles. The van der Waals surface area contributed by atoms with Crippen molar-refractivity contribution in [3.63, 3.8) is 0 Å². The van der Waals surface area contributed by atoms with E-state index >= 15 is 0 Å². The van der Waals surface area contributed by atoms with Crippen molar-refractivity contribution < 1.29 is 9.50 Å². The average Bonchev–Trinajstić information content (AvgIpc) is 3.72. The van der Waals surface area contributed by atoms with Crippen molar-refractivity contribution in [2.75, 3.05) is 24.5 Å². The molecular weight excluding hydrogens is 563 g/mol. The maximum absolute atomic E-state index is 13.6. The highest BCUT2D eigenvalue weighted by Crippen LogP contribution is 2.38. The second kappa shape index (κ2) is 12.9. The van der Waals surface area contributed by atoms with Crippen molar-refractivity contribution in [3.05, 3.63) is 70.6 Å². The zero-order chi connectivity index (χ0) is 30.7. The first-order valence-corrected chi connectivity index (χ1v) is 15.2. The van der Waals surface area contributed by atoms with Gasteiger partial charge in [0.25, 0.3) is 0 Å². The summed E-state index contributed by atoms with van der Waals surface area (Å²) < 4.78 is 15.5. The van der Waals surface area contributed by atoms with Crippen LogP contribution in [-0.4, -0.2) is 61.3 Å². The van der Waals surface area contributed by atoms with Gasteiger partial charge in [-0.05, 0) is 77.4 Å². The number of aromatic nitrogens is 4. The van der Waals surface area contributed by atoms with Gasteiger partial charge in [0, 0.05) is 43.5 Å². The van der Waals surface area contributed by atoms with Gasteiger partial charge in [0.05, 0.1) is 11.8 Å². The fraction of sp³-hybridized carbons (Fsp3) is 0.344. The van der Waals surface area contributed by atoms with Crippen molar-refractivity contribution in [1.82, 2.24) is 24.6 Å². The SMILES string of the molecule is CCN(c1nc(-c2ccc(F)cc2)c(C#N)s1)c1c2nc(/C(C=C(C)C)=C/N=C(\C)N3CC[C@@H](O)C3)ccc2nn1CC. The van der Waals surface area contributed by atoms with Gasteiger partial charge >= 0.3 is 0 Å². The zero-order valence-corrected chi connectivity index (χ0v) is 25.9. The van der Waals surface area contributed by atoms with E-state index in [1.165, 1.54) is 23.5 Å². The quantitative estimate of drug-likeness (QED) is 0.140. The molecule has 11 heteroatoms. The van der Waals surface area contributed by atoms with E-state index in [9.17, 15) is 14.8 Å². The van der Waals surface area contributed by atoms with Crippen LogP contribution in [0.1, 0.15) is 51.6 Å². The molecule has 1 aromatic carbocycles. The fourth-order valence-electron chi connectivity index (χ4n) is 5.09. The molecule has 0 unspecified atom stereocenters. The zero-order valence-electron chi connectivity index (χ0n) is 25.0. The number of allylic oxidation sites excluding steroid dienone is 3. The fourth-order valence-corrected chi connectivity index (χ4v) is 6.04. The lowest BCUT2D eigenvalue weighted by atomic mass is 10.1. The lowest BCUT2D eigenvalue weighted by Crippen LogP contribution is -2.27. The topological polar surface area (TPSA) is 106 Å². The highest BCUT2D eigenvalue weighted by atomic mass is 32.1. The number of likely N-dealkylation sites (tertiary alicyclic amines) is 1. The highest BCUT2D eigenvalue weighted by molar-refractivity contribution is 7.16. The van der Waals surface area contributed by atoms with Crippen LogP contribution in [0, 0.1) is 17.1 Å². The lowest BCUT2D eigenvalue weighted by Gasteiger charge is -2.20. The van der Waals surface area contributed by atoms with E-state index in [4.69, 9.17) is 20.1 Å². The number of hydrogen-bond donors (Lipinski definition) is 1. The van der Waals surface area contributed by atoms with Gasteiger partial charge in [-0.1, -0.05) is 23.0 Å². The number of nitrogens with zero attached hydrogens (tertiary/aromatic N) is 8. The number of nitriles is 1. The van der Waals surface area contributed by atoms with Gasteiger partial charge in [-0.25, -0.2) is 24.0 Å². The van der Waals surface area contributed by atoms with Gasteiger partial charge in [-0.3, -0.25) is 0 Å². The van der Waals surface area contributed by atoms with Gasteiger partial charge < -0.3 is 14.9 Å². The number of halogens is 1. The summed E-state index contributed by atoms with van der Waals surface area (Å²) in [5.41, 5.74) is 5.39. The second-order valence-electron chi connectivity index (χ2n) is 10.6. The first-order chi connectivity index (χ1) is 20.7. The van der Waals surface area contributed by atoms with Crippen molar-refractivity contribution >= 4 is 44.7 Å². The third-order valence-corrected chi connectivity index (χ3v) is 8.23. The molecule has 0 aliphatic carbocycles. The Bertz CT molecular complexity index is 1760. The number of β-amino-alcohol motifs (C(OH)–C–C–N with tert-alkyl or cyclic N) is 1. The minimum Gasteiger partial charge on any atom is -0.391 e. The van der Waals surface area contributed by atoms with E-state index in [0.717, 1.165) is 52.5 Å². The summed E-state index contributed by atoms with van der Waals surface area (Å²) in [6.07, 6.45) is 4.31. The van der Waals surface area contributed by atoms with Gasteiger partial charge in [-0.15, -0.1) is 0 Å². The summed E-state index contributed by atoms with van der Waals surface area (Å²) in [6, 6.07) is 12.2. The Morgan fingerprint density at radius 3 is 2.58 bits per heavy atom. The largest absolute Gasteiger partial charge is 0.391 e. The number of benzene rings is 1. The molecular formula is C32H35FN8OS. The Morgan fingerprint density at radius 1 is 1.19 bits per heavy atom. The third kappa shape index (κ3) is 6.35. The van der Waals surface area contributed by atoms with Crippen LogP contribution in [0.3, 0.4) is 0 Å². The van der Waals surface area contributed by atoms with Gasteiger partial charge in [0.15, 0.2) is 10.9 Å². The molecule has 0 bridgehead atoms. The first kappa shape index (κ1) is 30.1. The Morgan fingerprint density at radius 2 is 1.95 bits per heavy atom. The molecule has 1 atom stereocenters. The van der Waals surface area contributed by atoms with Crippen LogP contribution in [-0.2, 0) is 6.54 Å². The van der Waals surface area contributed by atoms with E-state index in [1.807, 2.05) is 62.5 Å². The first-order valence-electron chi connectivity index (χ1n) is 14.4. The summed E-state index contributed by atoms with van der Waals surface area (Å²) >= 11 is 1.29. The maximum Gasteiger partial charge on any atom is 0.192 e. The Labute approximate surface area is 255 Å². The number of aliphatic imine (C=N–C) groups is 1. The molecule has 0 spiro atoms. The van der Waals surface area contributed by atoms with Crippen molar-refractivity contribution in [2.45, 2.75) is 53.7 Å². The summed E-state index contributed by atoms with van der Waals surface area (Å²) in [4.78, 5) is 19.3. The van der Waals surface area contributed by atoms with E-state index in [-0.39, 0.29) is 11.9 Å². The molecule has 4 heterocycles. The molecule has 43 heavy (non-hydrogen) atoms. The van der Waals surface area contributed by atoms with Crippen LogP contribution in [0.4, 0.5) is 15.3 Å². The lowest BCUT2D eigenvalue weighted by molar-refractivity contribution is 0.188. The number of pyridine rings is 1. The molecule has 1 fully saturated rings. The number of rotatable bonds is 8. The number of anilines is 2. The van der Waals surface area contributed by atoms with Gasteiger partial charge in [0.1, 0.15) is 39.3 Å². The van der Waals surface area contributed by atoms with Crippen LogP contribution in [0.15, 0.2) is 59.2 Å². The summed E-state index contributed by atoms with van der Waals surface area (Å²) in [5, 5.41) is 25.3. The van der Waals surface area contributed by atoms with Crippen LogP contribution in [0.5, 0.6) is 0 Å². The van der Waals surface area contributed by atoms with Crippen LogP contribution in [0.25, 0.3) is 27.9 Å². The molecule has 0 amide bonds. The van der Waals surface area contributed by atoms with Crippen LogP contribution in [0.2, 0.25) is 0 Å². The number of aliphatic hydroxyl groups excluding tert-OH is 1. The van der Waals surface area contributed by atoms with Crippen molar-refractivity contribution in [2.24, 2.45) is 4.99 Å². The van der Waals surface area contributed by atoms with Gasteiger partial charge in [0.2, 0.25) is 0 Å². The molecule has 3 aromatic heterocycles. The maximum atomic E-state index is 13.6. The minimum atomic E-state index is -0.342.